The van der Waals surface area contributed by atoms with E-state index in [4.69, 9.17) is 0 Å². The molecule has 1 N–H and O–H groups in total. The summed E-state index contributed by atoms with van der Waals surface area (Å²) in [5.74, 6) is 0.540. The number of halogens is 2. The molecule has 26 heavy (non-hydrogen) atoms. The van der Waals surface area contributed by atoms with Crippen LogP contribution in [-0.4, -0.2) is 29.6 Å². The Hall–Kier alpha value is -1.42. The first-order valence-corrected chi connectivity index (χ1v) is 9.40. The summed E-state index contributed by atoms with van der Waals surface area (Å²) >= 11 is 0. The molecule has 4 heteroatoms. The van der Waals surface area contributed by atoms with Crippen LogP contribution in [-0.2, 0) is 6.42 Å². The van der Waals surface area contributed by atoms with Gasteiger partial charge >= 0.3 is 0 Å². The maximum absolute atomic E-state index is 12.9. The third kappa shape index (κ3) is 6.39. The summed E-state index contributed by atoms with van der Waals surface area (Å²) in [7, 11) is 0. The molecule has 3 rings (SSSR count). The minimum absolute atomic E-state index is 0. The molecule has 0 spiro atoms. The molecule has 1 heterocycles. The summed E-state index contributed by atoms with van der Waals surface area (Å²) < 4.78 is 12.9. The molecule has 2 aromatic rings. The van der Waals surface area contributed by atoms with E-state index in [1.807, 2.05) is 0 Å². The van der Waals surface area contributed by atoms with Crippen LogP contribution in [0.5, 0.6) is 0 Å². The van der Waals surface area contributed by atoms with Crippen molar-refractivity contribution in [3.63, 3.8) is 0 Å². The Morgan fingerprint density at radius 1 is 1.00 bits per heavy atom. The van der Waals surface area contributed by atoms with Gasteiger partial charge in [0.15, 0.2) is 0 Å². The monoisotopic (exact) mass is 377 g/mol. The third-order valence-corrected chi connectivity index (χ3v) is 5.28. The smallest absolute Gasteiger partial charge is 0.123 e. The van der Waals surface area contributed by atoms with Gasteiger partial charge < -0.3 is 10.0 Å². The van der Waals surface area contributed by atoms with Gasteiger partial charge in [0.05, 0.1) is 6.10 Å². The first-order chi connectivity index (χ1) is 12.2. The summed E-state index contributed by atoms with van der Waals surface area (Å²) in [6.45, 7) is 3.35. The molecule has 0 bridgehead atoms. The standard InChI is InChI=1S/C22H28FNO.ClH/c23-21-10-8-20(9-11-21)22(25)7-4-14-24-15-12-19(13-16-24)17-18-5-2-1-3-6-18;/h1-3,5-6,8-11,19,22,25H,4,7,12-17H2;1H. The molecule has 0 saturated carbocycles. The second-order valence-corrected chi connectivity index (χ2v) is 7.18. The van der Waals surface area contributed by atoms with Gasteiger partial charge in [-0.2, -0.15) is 0 Å². The molecule has 0 radical (unpaired) electrons. The van der Waals surface area contributed by atoms with E-state index in [9.17, 15) is 9.50 Å². The van der Waals surface area contributed by atoms with Crippen LogP contribution in [0.25, 0.3) is 0 Å². The minimum atomic E-state index is -0.490. The van der Waals surface area contributed by atoms with Crippen molar-refractivity contribution in [1.82, 2.24) is 4.90 Å². The molecule has 0 aliphatic carbocycles. The number of nitrogens with zero attached hydrogens (tertiary/aromatic N) is 1. The Balaban J connectivity index is 0.00000243. The highest BCUT2D eigenvalue weighted by atomic mass is 35.5. The first-order valence-electron chi connectivity index (χ1n) is 9.40. The van der Waals surface area contributed by atoms with Crippen molar-refractivity contribution in [2.45, 2.75) is 38.2 Å². The number of hydrogen-bond acceptors (Lipinski definition) is 2. The number of likely N-dealkylation sites (tertiary alicyclic amines) is 1. The summed E-state index contributed by atoms with van der Waals surface area (Å²) in [4.78, 5) is 2.51. The number of aliphatic hydroxyl groups is 1. The van der Waals surface area contributed by atoms with Gasteiger partial charge in [0.1, 0.15) is 5.82 Å². The van der Waals surface area contributed by atoms with Crippen LogP contribution in [0.3, 0.4) is 0 Å². The third-order valence-electron chi connectivity index (χ3n) is 5.28. The zero-order valence-electron chi connectivity index (χ0n) is 15.2. The number of piperidine rings is 1. The van der Waals surface area contributed by atoms with E-state index in [2.05, 4.69) is 35.2 Å². The van der Waals surface area contributed by atoms with Crippen LogP contribution in [0.15, 0.2) is 54.6 Å². The molecule has 0 amide bonds. The Bertz CT molecular complexity index is 626. The number of hydrogen-bond donors (Lipinski definition) is 1. The second-order valence-electron chi connectivity index (χ2n) is 7.18. The molecule has 1 atom stereocenters. The van der Waals surface area contributed by atoms with Crippen molar-refractivity contribution >= 4 is 12.4 Å². The maximum atomic E-state index is 12.9. The second kappa shape index (κ2) is 10.7. The molecule has 1 saturated heterocycles. The lowest BCUT2D eigenvalue weighted by molar-refractivity contribution is 0.142. The average molecular weight is 378 g/mol. The fraction of sp³-hybridized carbons (Fsp3) is 0.455. The highest BCUT2D eigenvalue weighted by Crippen LogP contribution is 2.23. The van der Waals surface area contributed by atoms with Crippen molar-refractivity contribution in [1.29, 1.82) is 0 Å². The lowest BCUT2D eigenvalue weighted by Gasteiger charge is -2.32. The van der Waals surface area contributed by atoms with Crippen LogP contribution in [0.1, 0.15) is 42.9 Å². The van der Waals surface area contributed by atoms with E-state index in [1.165, 1.54) is 37.0 Å². The summed E-state index contributed by atoms with van der Waals surface area (Å²) in [5, 5.41) is 10.2. The van der Waals surface area contributed by atoms with Gasteiger partial charge in [-0.05, 0) is 80.9 Å². The minimum Gasteiger partial charge on any atom is -0.388 e. The fourth-order valence-corrected chi connectivity index (χ4v) is 3.72. The average Bonchev–Trinajstić information content (AvgIpc) is 2.64. The van der Waals surface area contributed by atoms with E-state index >= 15 is 0 Å². The number of aliphatic hydroxyl groups excluding tert-OH is 1. The number of rotatable bonds is 7. The van der Waals surface area contributed by atoms with Crippen molar-refractivity contribution < 1.29 is 9.50 Å². The topological polar surface area (TPSA) is 23.5 Å². The van der Waals surface area contributed by atoms with E-state index < -0.39 is 6.10 Å². The van der Waals surface area contributed by atoms with Crippen LogP contribution < -0.4 is 0 Å². The normalized spacial score (nSPS) is 16.8. The molecule has 1 unspecified atom stereocenters. The zero-order valence-corrected chi connectivity index (χ0v) is 16.0. The van der Waals surface area contributed by atoms with Crippen molar-refractivity contribution in [3.05, 3.63) is 71.5 Å². The highest BCUT2D eigenvalue weighted by Gasteiger charge is 2.19. The predicted octanol–water partition coefficient (Wildman–Crippen LogP) is 5.02. The Labute approximate surface area is 162 Å². The van der Waals surface area contributed by atoms with Gasteiger partial charge in [-0.25, -0.2) is 4.39 Å². The quantitative estimate of drug-likeness (QED) is 0.732. The predicted molar refractivity (Wildman–Crippen MR) is 107 cm³/mol. The van der Waals surface area contributed by atoms with Crippen LogP contribution in [0.4, 0.5) is 4.39 Å². The van der Waals surface area contributed by atoms with E-state index in [-0.39, 0.29) is 18.2 Å². The SMILES string of the molecule is Cl.OC(CCCN1CCC(Cc2ccccc2)CC1)c1ccc(F)cc1. The van der Waals surface area contributed by atoms with Crippen molar-refractivity contribution in [2.24, 2.45) is 5.92 Å². The van der Waals surface area contributed by atoms with Gasteiger partial charge in [-0.1, -0.05) is 42.5 Å². The van der Waals surface area contributed by atoms with Gasteiger partial charge in [0, 0.05) is 0 Å². The van der Waals surface area contributed by atoms with Crippen molar-refractivity contribution in [2.75, 3.05) is 19.6 Å². The van der Waals surface area contributed by atoms with E-state index in [0.717, 1.165) is 44.0 Å². The van der Waals surface area contributed by atoms with Gasteiger partial charge in [-0.3, -0.25) is 0 Å². The molecule has 1 aliphatic heterocycles. The lowest BCUT2D eigenvalue weighted by atomic mass is 9.90. The molecular formula is C22H29ClFNO. The van der Waals surface area contributed by atoms with Crippen LogP contribution in [0.2, 0.25) is 0 Å². The Morgan fingerprint density at radius 2 is 1.65 bits per heavy atom. The molecule has 1 fully saturated rings. The summed E-state index contributed by atoms with van der Waals surface area (Å²) in [6.07, 6.45) is 4.93. The van der Waals surface area contributed by atoms with Gasteiger partial charge in [0.25, 0.3) is 0 Å². The zero-order chi connectivity index (χ0) is 17.5. The van der Waals surface area contributed by atoms with Crippen LogP contribution in [0, 0.1) is 11.7 Å². The Morgan fingerprint density at radius 3 is 2.31 bits per heavy atom. The van der Waals surface area contributed by atoms with E-state index in [1.54, 1.807) is 12.1 Å². The summed E-state index contributed by atoms with van der Waals surface area (Å²) in [6, 6.07) is 16.9. The first kappa shape index (κ1) is 20.9. The largest absolute Gasteiger partial charge is 0.388 e. The van der Waals surface area contributed by atoms with Gasteiger partial charge in [-0.15, -0.1) is 12.4 Å². The molecule has 2 aromatic carbocycles. The molecule has 0 aromatic heterocycles. The van der Waals surface area contributed by atoms with Crippen molar-refractivity contribution in [3.8, 4) is 0 Å². The Kier molecular flexibility index (Phi) is 8.56. The summed E-state index contributed by atoms with van der Waals surface area (Å²) in [5.41, 5.74) is 2.26. The van der Waals surface area contributed by atoms with Crippen LogP contribution >= 0.6 is 12.4 Å². The molecule has 1 aliphatic rings. The highest BCUT2D eigenvalue weighted by molar-refractivity contribution is 5.85. The van der Waals surface area contributed by atoms with Gasteiger partial charge in [0.2, 0.25) is 0 Å². The maximum Gasteiger partial charge on any atom is 0.123 e. The molecule has 142 valence electrons. The molecule has 2 nitrogen and oxygen atoms in total. The molecular weight excluding hydrogens is 349 g/mol. The lowest BCUT2D eigenvalue weighted by Crippen LogP contribution is -2.35. The number of benzene rings is 2. The fourth-order valence-electron chi connectivity index (χ4n) is 3.72. The van der Waals surface area contributed by atoms with E-state index in [0.29, 0.717) is 0 Å².